The van der Waals surface area contributed by atoms with Crippen molar-refractivity contribution in [2.45, 2.75) is 18.1 Å². The molecule has 1 aromatic carbocycles. The summed E-state index contributed by atoms with van der Waals surface area (Å²) < 4.78 is 27.8. The highest BCUT2D eigenvalue weighted by Crippen LogP contribution is 2.28. The van der Waals surface area contributed by atoms with Crippen molar-refractivity contribution in [3.63, 3.8) is 0 Å². The van der Waals surface area contributed by atoms with Crippen molar-refractivity contribution in [3.05, 3.63) is 59.4 Å². The number of thiophene rings is 1. The Hall–Kier alpha value is -2.71. The lowest BCUT2D eigenvalue weighted by Gasteiger charge is -2.08. The molecule has 0 fully saturated rings. The van der Waals surface area contributed by atoms with Crippen molar-refractivity contribution in [2.24, 2.45) is 0 Å². The number of aromatic amines is 1. The lowest BCUT2D eigenvalue weighted by atomic mass is 10.1. The van der Waals surface area contributed by atoms with Crippen LogP contribution in [0.2, 0.25) is 0 Å². The number of benzene rings is 1. The molecule has 0 radical (unpaired) electrons. The first kappa shape index (κ1) is 16.7. The second-order valence-electron chi connectivity index (χ2n) is 5.98. The summed E-state index contributed by atoms with van der Waals surface area (Å²) in [4.78, 5) is 12.8. The summed E-state index contributed by atoms with van der Waals surface area (Å²) in [5.74, 6) is 0. The molecule has 0 saturated heterocycles. The summed E-state index contributed by atoms with van der Waals surface area (Å²) in [5, 5.41) is 0.937. The van der Waals surface area contributed by atoms with Crippen LogP contribution in [0.5, 0.6) is 0 Å². The molecule has 0 atom stereocenters. The number of hydrogen-bond donors (Lipinski definition) is 2. The van der Waals surface area contributed by atoms with Crippen molar-refractivity contribution in [1.29, 1.82) is 0 Å². The van der Waals surface area contributed by atoms with Gasteiger partial charge in [-0.15, -0.1) is 11.3 Å². The fourth-order valence-corrected chi connectivity index (χ4v) is 5.10. The lowest BCUT2D eigenvalue weighted by Crippen LogP contribution is -2.11. The first-order valence-corrected chi connectivity index (χ1v) is 10.2. The van der Waals surface area contributed by atoms with Gasteiger partial charge in [-0.2, -0.15) is 0 Å². The van der Waals surface area contributed by atoms with E-state index in [4.69, 9.17) is 0 Å². The SMILES string of the molecule is Cc1cc2c(-c3ccc(NS(=O)(=O)c4ccc(C)s4)cc3)ncnc2[nH]1. The molecule has 3 aromatic heterocycles. The standard InChI is InChI=1S/C18H16N4O2S2/c1-11-9-15-17(19-10-20-18(15)21-11)13-4-6-14(7-5-13)22-26(23,24)16-8-3-12(2)25-16/h3-10,22H,1-2H3,(H,19,20,21). The average molecular weight is 384 g/mol. The van der Waals surface area contributed by atoms with E-state index in [1.54, 1.807) is 24.3 Å². The molecule has 0 bridgehead atoms. The normalized spacial score (nSPS) is 11.8. The maximum atomic E-state index is 12.4. The Morgan fingerprint density at radius 1 is 1.04 bits per heavy atom. The van der Waals surface area contributed by atoms with E-state index >= 15 is 0 Å². The van der Waals surface area contributed by atoms with Crippen LogP contribution < -0.4 is 4.72 Å². The van der Waals surface area contributed by atoms with Gasteiger partial charge in [0.1, 0.15) is 16.2 Å². The first-order valence-electron chi connectivity index (χ1n) is 7.92. The molecule has 4 rings (SSSR count). The molecule has 0 aliphatic heterocycles. The van der Waals surface area contributed by atoms with Crippen LogP contribution in [0.25, 0.3) is 22.3 Å². The van der Waals surface area contributed by atoms with Gasteiger partial charge in [-0.1, -0.05) is 12.1 Å². The predicted octanol–water partition coefficient (Wildman–Crippen LogP) is 4.10. The zero-order valence-electron chi connectivity index (χ0n) is 14.1. The molecular weight excluding hydrogens is 368 g/mol. The fourth-order valence-electron chi connectivity index (χ4n) is 2.76. The van der Waals surface area contributed by atoms with E-state index in [1.807, 2.05) is 32.0 Å². The molecule has 3 heterocycles. The number of hydrogen-bond acceptors (Lipinski definition) is 5. The van der Waals surface area contributed by atoms with Crippen molar-refractivity contribution >= 4 is 38.1 Å². The van der Waals surface area contributed by atoms with E-state index < -0.39 is 10.0 Å². The van der Waals surface area contributed by atoms with Crippen LogP contribution in [0.4, 0.5) is 5.69 Å². The molecule has 0 unspecified atom stereocenters. The van der Waals surface area contributed by atoms with Gasteiger partial charge in [0, 0.05) is 27.2 Å². The molecule has 132 valence electrons. The number of aryl methyl sites for hydroxylation is 2. The number of H-pyrrole nitrogens is 1. The van der Waals surface area contributed by atoms with Gasteiger partial charge in [0.25, 0.3) is 10.0 Å². The Morgan fingerprint density at radius 3 is 2.50 bits per heavy atom. The third kappa shape index (κ3) is 3.09. The Balaban J connectivity index is 1.64. The smallest absolute Gasteiger partial charge is 0.271 e. The van der Waals surface area contributed by atoms with Crippen molar-refractivity contribution < 1.29 is 8.42 Å². The van der Waals surface area contributed by atoms with Gasteiger partial charge in [-0.25, -0.2) is 18.4 Å². The van der Waals surface area contributed by atoms with Gasteiger partial charge >= 0.3 is 0 Å². The number of nitrogens with zero attached hydrogens (tertiary/aromatic N) is 2. The topological polar surface area (TPSA) is 87.7 Å². The van der Waals surface area contributed by atoms with Crippen LogP contribution in [-0.4, -0.2) is 23.4 Å². The number of sulfonamides is 1. The van der Waals surface area contributed by atoms with Gasteiger partial charge in [-0.3, -0.25) is 4.72 Å². The van der Waals surface area contributed by atoms with Crippen LogP contribution in [0.15, 0.2) is 53.0 Å². The van der Waals surface area contributed by atoms with Gasteiger partial charge in [0.2, 0.25) is 0 Å². The highest BCUT2D eigenvalue weighted by molar-refractivity contribution is 7.94. The van der Waals surface area contributed by atoms with E-state index in [1.165, 1.54) is 17.7 Å². The number of nitrogens with one attached hydrogen (secondary N) is 2. The van der Waals surface area contributed by atoms with Gasteiger partial charge in [0.05, 0.1) is 5.69 Å². The number of aromatic nitrogens is 3. The quantitative estimate of drug-likeness (QED) is 0.554. The summed E-state index contributed by atoms with van der Waals surface area (Å²) in [6, 6.07) is 12.6. The number of rotatable bonds is 4. The summed E-state index contributed by atoms with van der Waals surface area (Å²) in [7, 11) is -3.56. The monoisotopic (exact) mass is 384 g/mol. The van der Waals surface area contributed by atoms with Crippen LogP contribution in [0, 0.1) is 13.8 Å². The first-order chi connectivity index (χ1) is 12.4. The molecule has 8 heteroatoms. The highest BCUT2D eigenvalue weighted by Gasteiger charge is 2.16. The number of fused-ring (bicyclic) bond motifs is 1. The molecule has 4 aromatic rings. The third-order valence-corrected chi connectivity index (χ3v) is 6.83. The Kier molecular flexibility index (Phi) is 4.01. The second kappa shape index (κ2) is 6.22. The lowest BCUT2D eigenvalue weighted by molar-refractivity contribution is 0.603. The fraction of sp³-hybridized carbons (Fsp3) is 0.111. The minimum atomic E-state index is -3.56. The number of anilines is 1. The van der Waals surface area contributed by atoms with Crippen molar-refractivity contribution in [1.82, 2.24) is 15.0 Å². The molecule has 2 N–H and O–H groups in total. The molecule has 0 spiro atoms. The van der Waals surface area contributed by atoms with Gasteiger partial charge < -0.3 is 4.98 Å². The summed E-state index contributed by atoms with van der Waals surface area (Å²) in [6.07, 6.45) is 1.52. The van der Waals surface area contributed by atoms with Crippen LogP contribution in [0.1, 0.15) is 10.6 Å². The van der Waals surface area contributed by atoms with E-state index in [9.17, 15) is 8.42 Å². The summed E-state index contributed by atoms with van der Waals surface area (Å²) >= 11 is 1.25. The Bertz CT molecular complexity index is 1190. The molecule has 0 aliphatic carbocycles. The summed E-state index contributed by atoms with van der Waals surface area (Å²) in [5.41, 5.74) is 4.01. The summed E-state index contributed by atoms with van der Waals surface area (Å²) in [6.45, 7) is 3.85. The third-order valence-electron chi connectivity index (χ3n) is 3.95. The zero-order chi connectivity index (χ0) is 18.3. The van der Waals surface area contributed by atoms with Crippen LogP contribution >= 0.6 is 11.3 Å². The molecule has 6 nitrogen and oxygen atoms in total. The minimum absolute atomic E-state index is 0.305. The molecule has 0 saturated carbocycles. The Labute approximate surface area is 155 Å². The Morgan fingerprint density at radius 2 is 1.81 bits per heavy atom. The van der Waals surface area contributed by atoms with Crippen LogP contribution in [0.3, 0.4) is 0 Å². The van der Waals surface area contributed by atoms with Crippen molar-refractivity contribution in [2.75, 3.05) is 4.72 Å². The van der Waals surface area contributed by atoms with Gasteiger partial charge in [-0.05, 0) is 44.2 Å². The molecule has 0 aliphatic rings. The van der Waals surface area contributed by atoms with E-state index in [2.05, 4.69) is 19.7 Å². The average Bonchev–Trinajstić information content (AvgIpc) is 3.20. The maximum Gasteiger partial charge on any atom is 0.271 e. The predicted molar refractivity (Wildman–Crippen MR) is 104 cm³/mol. The minimum Gasteiger partial charge on any atom is -0.343 e. The van der Waals surface area contributed by atoms with Crippen molar-refractivity contribution in [3.8, 4) is 11.3 Å². The highest BCUT2D eigenvalue weighted by atomic mass is 32.2. The van der Waals surface area contributed by atoms with Crippen LogP contribution in [-0.2, 0) is 10.0 Å². The van der Waals surface area contributed by atoms with E-state index in [0.29, 0.717) is 9.90 Å². The molecular formula is C18H16N4O2S2. The molecule has 0 amide bonds. The zero-order valence-corrected chi connectivity index (χ0v) is 15.8. The maximum absolute atomic E-state index is 12.4. The van der Waals surface area contributed by atoms with E-state index in [0.717, 1.165) is 32.9 Å². The second-order valence-corrected chi connectivity index (χ2v) is 9.18. The molecule has 26 heavy (non-hydrogen) atoms. The van der Waals surface area contributed by atoms with Gasteiger partial charge in [0.15, 0.2) is 0 Å². The van der Waals surface area contributed by atoms with E-state index in [-0.39, 0.29) is 0 Å². The largest absolute Gasteiger partial charge is 0.343 e.